The summed E-state index contributed by atoms with van der Waals surface area (Å²) in [6.07, 6.45) is 8.75. The number of benzene rings is 1. The molecule has 0 spiro atoms. The highest BCUT2D eigenvalue weighted by Crippen LogP contribution is 2.61. The van der Waals surface area contributed by atoms with E-state index in [0.29, 0.717) is 10.0 Å². The third kappa shape index (κ3) is 3.79. The quantitative estimate of drug-likeness (QED) is 0.652. The van der Waals surface area contributed by atoms with E-state index in [2.05, 4.69) is 28.2 Å². The van der Waals surface area contributed by atoms with E-state index in [0.717, 1.165) is 24.2 Å². The van der Waals surface area contributed by atoms with Gasteiger partial charge in [0.1, 0.15) is 0 Å². The van der Waals surface area contributed by atoms with Crippen LogP contribution < -0.4 is 5.32 Å². The van der Waals surface area contributed by atoms with Crippen molar-refractivity contribution in [1.29, 1.82) is 0 Å². The van der Waals surface area contributed by atoms with Crippen LogP contribution >= 0.6 is 15.9 Å². The summed E-state index contributed by atoms with van der Waals surface area (Å²) in [5, 5.41) is 3.30. The molecule has 0 radical (unpaired) electrons. The van der Waals surface area contributed by atoms with Crippen molar-refractivity contribution in [3.05, 3.63) is 28.2 Å². The zero-order chi connectivity index (χ0) is 21.0. The molecular formula is C22H31BrN2O3S. The van der Waals surface area contributed by atoms with Gasteiger partial charge >= 0.3 is 0 Å². The second kappa shape index (κ2) is 7.65. The lowest BCUT2D eigenvalue weighted by molar-refractivity contribution is -0.0727. The average Bonchev–Trinajstić information content (AvgIpc) is 2.64. The van der Waals surface area contributed by atoms with Gasteiger partial charge in [0.05, 0.1) is 4.90 Å². The molecule has 0 heterocycles. The third-order valence-corrected chi connectivity index (χ3v) is 10.3. The van der Waals surface area contributed by atoms with Crippen LogP contribution in [0.1, 0.15) is 62.2 Å². The number of halogens is 1. The van der Waals surface area contributed by atoms with E-state index in [1.165, 1.54) is 63.0 Å². The summed E-state index contributed by atoms with van der Waals surface area (Å²) in [6, 6.07) is 4.99. The van der Waals surface area contributed by atoms with Crippen LogP contribution in [0.4, 0.5) is 0 Å². The fraction of sp³-hybridized carbons (Fsp3) is 0.682. The molecule has 0 unspecified atom stereocenters. The molecule has 4 aliphatic carbocycles. The average molecular weight is 483 g/mol. The Bertz CT molecular complexity index is 877. The van der Waals surface area contributed by atoms with Crippen molar-refractivity contribution in [3.8, 4) is 0 Å². The van der Waals surface area contributed by atoms with E-state index in [-0.39, 0.29) is 22.3 Å². The predicted molar refractivity (Wildman–Crippen MR) is 117 cm³/mol. The number of sulfonamides is 1. The van der Waals surface area contributed by atoms with E-state index in [1.807, 2.05) is 0 Å². The molecule has 7 heteroatoms. The van der Waals surface area contributed by atoms with Crippen molar-refractivity contribution in [2.45, 2.75) is 62.8 Å². The van der Waals surface area contributed by atoms with Crippen molar-refractivity contribution < 1.29 is 13.2 Å². The maximum atomic E-state index is 13.1. The van der Waals surface area contributed by atoms with Crippen LogP contribution in [0, 0.1) is 23.2 Å². The zero-order valence-electron chi connectivity index (χ0n) is 17.4. The monoisotopic (exact) mass is 482 g/mol. The minimum atomic E-state index is -3.63. The summed E-state index contributed by atoms with van der Waals surface area (Å²) in [5.41, 5.74) is 0.629. The van der Waals surface area contributed by atoms with Gasteiger partial charge in [0.25, 0.3) is 5.91 Å². The molecule has 4 bridgehead atoms. The van der Waals surface area contributed by atoms with Gasteiger partial charge in [-0.1, -0.05) is 6.92 Å². The number of rotatable bonds is 6. The Hall–Kier alpha value is -0.920. The first-order valence-electron chi connectivity index (χ1n) is 10.7. The topological polar surface area (TPSA) is 66.5 Å². The number of carbonyl (C=O) groups is 1. The van der Waals surface area contributed by atoms with Gasteiger partial charge in [-0.15, -0.1) is 0 Å². The van der Waals surface area contributed by atoms with Crippen LogP contribution in [0.25, 0.3) is 0 Å². The molecule has 0 aliphatic heterocycles. The highest BCUT2D eigenvalue weighted by Gasteiger charge is 2.54. The summed E-state index contributed by atoms with van der Waals surface area (Å²) in [6.45, 7) is 2.16. The number of amides is 1. The summed E-state index contributed by atoms with van der Waals surface area (Å²) in [7, 11) is -0.639. The Morgan fingerprint density at radius 3 is 2.21 bits per heavy atom. The van der Waals surface area contributed by atoms with E-state index in [9.17, 15) is 13.2 Å². The highest BCUT2D eigenvalue weighted by atomic mass is 79.9. The van der Waals surface area contributed by atoms with Crippen LogP contribution in [-0.2, 0) is 10.0 Å². The molecule has 1 aromatic rings. The molecule has 4 aliphatic rings. The van der Waals surface area contributed by atoms with Crippen molar-refractivity contribution in [3.63, 3.8) is 0 Å². The molecule has 1 aromatic carbocycles. The number of hydrogen-bond donors (Lipinski definition) is 1. The Morgan fingerprint density at radius 1 is 1.17 bits per heavy atom. The second-order valence-corrected chi connectivity index (χ2v) is 12.6. The molecule has 160 valence electrons. The van der Waals surface area contributed by atoms with Crippen molar-refractivity contribution >= 4 is 31.9 Å². The first-order valence-corrected chi connectivity index (χ1v) is 12.9. The van der Waals surface area contributed by atoms with Gasteiger partial charge in [0.2, 0.25) is 10.0 Å². The van der Waals surface area contributed by atoms with Crippen molar-refractivity contribution in [1.82, 2.24) is 9.62 Å². The molecular weight excluding hydrogens is 452 g/mol. The molecule has 4 fully saturated rings. The first kappa shape index (κ1) is 21.3. The Morgan fingerprint density at radius 2 is 1.72 bits per heavy atom. The maximum Gasteiger partial charge on any atom is 0.251 e. The van der Waals surface area contributed by atoms with Gasteiger partial charge in [-0.05, 0) is 102 Å². The zero-order valence-corrected chi connectivity index (χ0v) is 19.9. The fourth-order valence-corrected chi connectivity index (χ4v) is 8.42. The minimum Gasteiger partial charge on any atom is -0.349 e. The lowest BCUT2D eigenvalue weighted by atomic mass is 9.47. The van der Waals surface area contributed by atoms with Crippen LogP contribution in [0.2, 0.25) is 0 Å². The maximum absolute atomic E-state index is 13.1. The molecule has 0 saturated heterocycles. The number of nitrogens with zero attached hydrogens (tertiary/aromatic N) is 1. The van der Waals surface area contributed by atoms with E-state index in [1.54, 1.807) is 12.1 Å². The smallest absolute Gasteiger partial charge is 0.251 e. The number of nitrogens with one attached hydrogen (secondary N) is 1. The lowest BCUT2D eigenvalue weighted by Crippen LogP contribution is -2.56. The molecule has 4 saturated carbocycles. The Labute approximate surface area is 182 Å². The molecule has 1 amide bonds. The predicted octanol–water partition coefficient (Wildman–Crippen LogP) is 4.42. The number of hydrogen-bond acceptors (Lipinski definition) is 3. The van der Waals surface area contributed by atoms with E-state index < -0.39 is 10.0 Å². The summed E-state index contributed by atoms with van der Waals surface area (Å²) in [5.74, 6) is 2.32. The molecule has 1 N–H and O–H groups in total. The molecule has 5 nitrogen and oxygen atoms in total. The van der Waals surface area contributed by atoms with Gasteiger partial charge < -0.3 is 5.32 Å². The standard InChI is InChI=1S/C22H31BrN2O3S/c1-4-20(22-11-14-7-15(12-22)9-16(8-14)13-22)24-21(26)17-5-6-18(23)19(10-17)29(27,28)25(2)3/h5-6,10,14-16,20H,4,7-9,11-13H2,1-3H3,(H,24,26)/t14?,15?,16?,20-,22?/m1/s1. The highest BCUT2D eigenvalue weighted by molar-refractivity contribution is 9.10. The van der Waals surface area contributed by atoms with E-state index >= 15 is 0 Å². The molecule has 5 rings (SSSR count). The summed E-state index contributed by atoms with van der Waals surface area (Å²) >= 11 is 3.32. The van der Waals surface area contributed by atoms with Gasteiger partial charge in [-0.3, -0.25) is 4.79 Å². The second-order valence-electron chi connectivity index (χ2n) is 9.65. The van der Waals surface area contributed by atoms with Crippen LogP contribution in [-0.4, -0.2) is 38.8 Å². The first-order chi connectivity index (χ1) is 13.6. The molecule has 1 atom stereocenters. The normalized spacial score (nSPS) is 31.8. The van der Waals surface area contributed by atoms with Crippen molar-refractivity contribution in [2.24, 2.45) is 23.2 Å². The molecule has 29 heavy (non-hydrogen) atoms. The third-order valence-electron chi connectivity index (χ3n) is 7.49. The van der Waals surface area contributed by atoms with Gasteiger partial charge in [-0.2, -0.15) is 0 Å². The summed E-state index contributed by atoms with van der Waals surface area (Å²) < 4.78 is 26.8. The van der Waals surface area contributed by atoms with Crippen molar-refractivity contribution in [2.75, 3.05) is 14.1 Å². The van der Waals surface area contributed by atoms with Crippen LogP contribution in [0.3, 0.4) is 0 Å². The largest absolute Gasteiger partial charge is 0.349 e. The fourth-order valence-electron chi connectivity index (χ4n) is 6.57. The SMILES string of the molecule is CC[C@@H](NC(=O)c1ccc(Br)c(S(=O)(=O)N(C)C)c1)C12CC3CC(CC(C3)C1)C2. The van der Waals surface area contributed by atoms with Gasteiger partial charge in [0.15, 0.2) is 0 Å². The summed E-state index contributed by atoms with van der Waals surface area (Å²) in [4.78, 5) is 13.3. The van der Waals surface area contributed by atoms with Crippen LogP contribution in [0.15, 0.2) is 27.6 Å². The van der Waals surface area contributed by atoms with Gasteiger partial charge in [-0.25, -0.2) is 12.7 Å². The lowest BCUT2D eigenvalue weighted by Gasteiger charge is -2.59. The minimum absolute atomic E-state index is 0.123. The Kier molecular flexibility index (Phi) is 5.62. The molecule has 0 aromatic heterocycles. The number of carbonyl (C=O) groups excluding carboxylic acids is 1. The Balaban J connectivity index is 1.57. The van der Waals surface area contributed by atoms with Crippen LogP contribution in [0.5, 0.6) is 0 Å². The van der Waals surface area contributed by atoms with E-state index in [4.69, 9.17) is 0 Å². The van der Waals surface area contributed by atoms with Gasteiger partial charge in [0, 0.05) is 30.2 Å².